The normalized spacial score (nSPS) is 11.5. The summed E-state index contributed by atoms with van der Waals surface area (Å²) in [4.78, 5) is 11.9. The van der Waals surface area contributed by atoms with Crippen LogP contribution < -0.4 is 10.5 Å². The van der Waals surface area contributed by atoms with Crippen molar-refractivity contribution >= 4 is 38.3 Å². The molecule has 0 fully saturated rings. The van der Waals surface area contributed by atoms with Gasteiger partial charge < -0.3 is 15.0 Å². The van der Waals surface area contributed by atoms with Gasteiger partial charge in [0.25, 0.3) is 0 Å². The number of ether oxygens (including phenoxy) is 1. The zero-order valence-corrected chi connectivity index (χ0v) is 16.8. The predicted molar refractivity (Wildman–Crippen MR) is 112 cm³/mol. The highest BCUT2D eigenvalue weighted by molar-refractivity contribution is 7.92. The number of benzene rings is 2. The lowest BCUT2D eigenvalue weighted by molar-refractivity contribution is 0.0601. The van der Waals surface area contributed by atoms with Gasteiger partial charge >= 0.3 is 5.97 Å². The highest BCUT2D eigenvalue weighted by Crippen LogP contribution is 2.37. The zero-order valence-electron chi connectivity index (χ0n) is 16.0. The number of hydrogen-bond acceptors (Lipinski definition) is 5. The number of carbonyl (C=O) groups is 1. The minimum atomic E-state index is -3.33. The molecule has 0 aliphatic rings. The summed E-state index contributed by atoms with van der Waals surface area (Å²) in [5.74, 6) is -0.396. The number of sulfonamides is 1. The van der Waals surface area contributed by atoms with Crippen molar-refractivity contribution in [2.75, 3.05) is 23.3 Å². The van der Waals surface area contributed by atoms with Gasteiger partial charge in [-0.15, -0.1) is 0 Å². The summed E-state index contributed by atoms with van der Waals surface area (Å²) < 4.78 is 32.8. The first kappa shape index (κ1) is 19.8. The topological polar surface area (TPSA) is 103 Å². The molecule has 0 spiro atoms. The van der Waals surface area contributed by atoms with Gasteiger partial charge in [-0.3, -0.25) is 4.72 Å². The van der Waals surface area contributed by atoms with E-state index >= 15 is 0 Å². The van der Waals surface area contributed by atoms with E-state index in [0.717, 1.165) is 22.2 Å². The molecule has 0 unspecified atom stereocenters. The molecular formula is C20H23N3O4S. The quantitative estimate of drug-likeness (QED) is 0.616. The van der Waals surface area contributed by atoms with Gasteiger partial charge in [-0.05, 0) is 44.2 Å². The molecule has 3 aromatic rings. The van der Waals surface area contributed by atoms with E-state index in [9.17, 15) is 13.2 Å². The van der Waals surface area contributed by atoms with Gasteiger partial charge in [0.1, 0.15) is 0 Å². The van der Waals surface area contributed by atoms with Crippen LogP contribution in [0.25, 0.3) is 22.2 Å². The first-order valence-corrected chi connectivity index (χ1v) is 10.6. The van der Waals surface area contributed by atoms with Crippen LogP contribution in [0.3, 0.4) is 0 Å². The molecule has 7 nitrogen and oxygen atoms in total. The van der Waals surface area contributed by atoms with Crippen molar-refractivity contribution in [3.05, 3.63) is 48.0 Å². The summed E-state index contributed by atoms with van der Waals surface area (Å²) in [6, 6.07) is 12.3. The Balaban J connectivity index is 2.10. The summed E-state index contributed by atoms with van der Waals surface area (Å²) in [7, 11) is -1.98. The zero-order chi connectivity index (χ0) is 20.5. The minimum Gasteiger partial charge on any atom is -0.465 e. The molecule has 0 amide bonds. The van der Waals surface area contributed by atoms with E-state index in [1.807, 2.05) is 29.7 Å². The first-order valence-electron chi connectivity index (χ1n) is 8.92. The van der Waals surface area contributed by atoms with Gasteiger partial charge in [0.05, 0.1) is 35.3 Å². The van der Waals surface area contributed by atoms with Crippen LogP contribution in [0.2, 0.25) is 0 Å². The van der Waals surface area contributed by atoms with Crippen LogP contribution >= 0.6 is 0 Å². The molecule has 8 heteroatoms. The summed E-state index contributed by atoms with van der Waals surface area (Å²) in [6.07, 6.45) is 0. The number of nitrogen functional groups attached to an aromatic ring is 1. The summed E-state index contributed by atoms with van der Waals surface area (Å²) >= 11 is 0. The number of aryl methyl sites for hydroxylation is 1. The lowest BCUT2D eigenvalue weighted by Crippen LogP contribution is -2.14. The summed E-state index contributed by atoms with van der Waals surface area (Å²) in [5, 5.41) is 0.847. The number of nitrogens with one attached hydrogen (secondary N) is 1. The molecule has 3 rings (SSSR count). The lowest BCUT2D eigenvalue weighted by Gasteiger charge is -2.11. The lowest BCUT2D eigenvalue weighted by atomic mass is 10.1. The molecular weight excluding hydrogens is 378 g/mol. The molecule has 0 radical (unpaired) electrons. The fourth-order valence-electron chi connectivity index (χ4n) is 3.21. The molecule has 148 valence electrons. The van der Waals surface area contributed by atoms with Crippen molar-refractivity contribution in [3.63, 3.8) is 0 Å². The van der Waals surface area contributed by atoms with Gasteiger partial charge in [-0.25, -0.2) is 13.2 Å². The van der Waals surface area contributed by atoms with E-state index < -0.39 is 16.0 Å². The number of anilines is 2. The van der Waals surface area contributed by atoms with E-state index in [2.05, 4.69) is 4.72 Å². The van der Waals surface area contributed by atoms with Crippen molar-refractivity contribution in [2.45, 2.75) is 20.4 Å². The largest absolute Gasteiger partial charge is 0.465 e. The minimum absolute atomic E-state index is 0.00824. The molecule has 1 heterocycles. The van der Waals surface area contributed by atoms with Crippen LogP contribution in [-0.4, -0.2) is 31.8 Å². The smallest absolute Gasteiger partial charge is 0.337 e. The first-order chi connectivity index (χ1) is 13.3. The Morgan fingerprint density at radius 1 is 1.14 bits per heavy atom. The van der Waals surface area contributed by atoms with Gasteiger partial charge in [-0.2, -0.15) is 0 Å². The van der Waals surface area contributed by atoms with E-state index in [-0.39, 0.29) is 5.75 Å². The van der Waals surface area contributed by atoms with Gasteiger partial charge in [0.15, 0.2) is 0 Å². The maximum absolute atomic E-state index is 11.9. The third-order valence-electron chi connectivity index (χ3n) is 4.65. The second-order valence-electron chi connectivity index (χ2n) is 6.31. The Labute approximate surface area is 164 Å². The average molecular weight is 401 g/mol. The summed E-state index contributed by atoms with van der Waals surface area (Å²) in [6.45, 7) is 4.23. The highest BCUT2D eigenvalue weighted by atomic mass is 32.2. The Bertz CT molecular complexity index is 1130. The average Bonchev–Trinajstić information content (AvgIpc) is 2.99. The Morgan fingerprint density at radius 3 is 2.39 bits per heavy atom. The molecule has 0 saturated carbocycles. The molecule has 2 aromatic carbocycles. The number of esters is 1. The van der Waals surface area contributed by atoms with Crippen molar-refractivity contribution in [1.29, 1.82) is 0 Å². The van der Waals surface area contributed by atoms with Crippen LogP contribution in [-0.2, 0) is 21.3 Å². The fourth-order valence-corrected chi connectivity index (χ4v) is 3.85. The van der Waals surface area contributed by atoms with E-state index in [1.165, 1.54) is 7.11 Å². The molecule has 0 saturated heterocycles. The van der Waals surface area contributed by atoms with Crippen molar-refractivity contribution < 1.29 is 17.9 Å². The fraction of sp³-hybridized carbons (Fsp3) is 0.250. The number of rotatable bonds is 6. The third kappa shape index (κ3) is 3.55. The maximum atomic E-state index is 11.9. The van der Waals surface area contributed by atoms with E-state index in [0.29, 0.717) is 23.5 Å². The van der Waals surface area contributed by atoms with Gasteiger partial charge in [-0.1, -0.05) is 12.1 Å². The number of fused-ring (bicyclic) bond motifs is 1. The van der Waals surface area contributed by atoms with Crippen LogP contribution in [0.4, 0.5) is 11.4 Å². The molecule has 0 atom stereocenters. The van der Waals surface area contributed by atoms with E-state index in [4.69, 9.17) is 10.5 Å². The van der Waals surface area contributed by atoms with Crippen molar-refractivity contribution in [1.82, 2.24) is 4.57 Å². The predicted octanol–water partition coefficient (Wildman–Crippen LogP) is 3.46. The van der Waals surface area contributed by atoms with Gasteiger partial charge in [0, 0.05) is 23.2 Å². The molecule has 1 aromatic heterocycles. The van der Waals surface area contributed by atoms with Crippen LogP contribution in [0.5, 0.6) is 0 Å². The molecule has 28 heavy (non-hydrogen) atoms. The number of hydrogen-bond donors (Lipinski definition) is 2. The maximum Gasteiger partial charge on any atom is 0.337 e. The molecule has 3 N–H and O–H groups in total. The molecule has 0 bridgehead atoms. The number of nitrogens with two attached hydrogens (primary N) is 1. The number of methoxy groups -OCH3 is 1. The van der Waals surface area contributed by atoms with Crippen molar-refractivity contribution in [3.8, 4) is 11.3 Å². The highest BCUT2D eigenvalue weighted by Gasteiger charge is 2.18. The van der Waals surface area contributed by atoms with E-state index in [1.54, 1.807) is 31.2 Å². The SMILES string of the molecule is CCn1c(-c2ccc(NS(=O)(=O)CC)cc2)c(N)c2ccc(C(=O)OC)cc21. The Kier molecular flexibility index (Phi) is 5.33. The van der Waals surface area contributed by atoms with Crippen LogP contribution in [0.15, 0.2) is 42.5 Å². The van der Waals surface area contributed by atoms with Crippen LogP contribution in [0, 0.1) is 0 Å². The standard InChI is InChI=1S/C20H23N3O4S/c1-4-23-17-12-14(20(24)27-3)8-11-16(17)18(21)19(23)13-6-9-15(10-7-13)22-28(25,26)5-2/h6-12,22H,4-5,21H2,1-3H3. The molecule has 0 aliphatic carbocycles. The van der Waals surface area contributed by atoms with Gasteiger partial charge in [0.2, 0.25) is 10.0 Å². The second kappa shape index (κ2) is 7.55. The third-order valence-corrected chi connectivity index (χ3v) is 5.96. The second-order valence-corrected chi connectivity index (χ2v) is 8.32. The summed E-state index contributed by atoms with van der Waals surface area (Å²) in [5.41, 5.74) is 10.5. The number of nitrogens with zero attached hydrogens (tertiary/aromatic N) is 1. The molecule has 0 aliphatic heterocycles. The van der Waals surface area contributed by atoms with Crippen molar-refractivity contribution in [2.24, 2.45) is 0 Å². The number of aromatic nitrogens is 1. The number of carbonyl (C=O) groups excluding carboxylic acids is 1. The van der Waals surface area contributed by atoms with Crippen LogP contribution in [0.1, 0.15) is 24.2 Å². The Hall–Kier alpha value is -3.00. The Morgan fingerprint density at radius 2 is 1.82 bits per heavy atom. The monoisotopic (exact) mass is 401 g/mol.